The van der Waals surface area contributed by atoms with E-state index in [0.29, 0.717) is 44.3 Å². The van der Waals surface area contributed by atoms with Crippen molar-refractivity contribution in [1.82, 2.24) is 0 Å². The van der Waals surface area contributed by atoms with Gasteiger partial charge in [0.15, 0.2) is 5.79 Å². The molecule has 0 aliphatic heterocycles. The van der Waals surface area contributed by atoms with E-state index in [4.69, 9.17) is 13.7 Å². The molecule has 2 fully saturated rings. The van der Waals surface area contributed by atoms with Crippen molar-refractivity contribution in [2.45, 2.75) is 89.1 Å². The van der Waals surface area contributed by atoms with E-state index in [-0.39, 0.29) is 6.61 Å². The first-order valence-electron chi connectivity index (χ1n) is 10.8. The third kappa shape index (κ3) is 6.28. The molecule has 2 rings (SSSR count). The van der Waals surface area contributed by atoms with Crippen LogP contribution in [-0.2, 0) is 23.8 Å². The minimum Gasteiger partial charge on any atom is -0.350 e. The van der Waals surface area contributed by atoms with Gasteiger partial charge >= 0.3 is 0 Å². The molecule has 2 aliphatic carbocycles. The molecule has 0 unspecified atom stereocenters. The fourth-order valence-corrected chi connectivity index (χ4v) is 6.02. The topological polar surface area (TPSA) is 61.8 Å². The Balaban J connectivity index is 1.96. The van der Waals surface area contributed by atoms with Crippen molar-refractivity contribution in [3.05, 3.63) is 12.7 Å². The zero-order valence-corrected chi connectivity index (χ0v) is 18.0. The van der Waals surface area contributed by atoms with Gasteiger partial charge < -0.3 is 9.47 Å². The second-order valence-corrected chi connectivity index (χ2v) is 9.74. The first-order valence-corrected chi connectivity index (χ1v) is 12.2. The Morgan fingerprint density at radius 1 is 0.963 bits per heavy atom. The molecular formula is C21H38O5S. The molecule has 0 N–H and O–H groups in total. The standard InChI is InChI=1S/C21H38O5S/c1-4-18-12-14-20(15-13-18)27(22,23)26-17-16-21(24-5-2,25-6-3)19-10-8-7-9-11-19/h4,18-20H,1,5-17H2,2-3H3. The van der Waals surface area contributed by atoms with Gasteiger partial charge in [-0.1, -0.05) is 25.3 Å². The number of rotatable bonds is 11. The molecule has 0 saturated heterocycles. The summed E-state index contributed by atoms with van der Waals surface area (Å²) in [4.78, 5) is 0. The molecule has 0 aromatic rings. The fourth-order valence-electron chi connectivity index (χ4n) is 4.67. The summed E-state index contributed by atoms with van der Waals surface area (Å²) in [7, 11) is -3.54. The van der Waals surface area contributed by atoms with Crippen LogP contribution < -0.4 is 0 Å². The lowest BCUT2D eigenvalue weighted by Crippen LogP contribution is -2.46. The second kappa shape index (κ2) is 10.9. The van der Waals surface area contributed by atoms with Crippen LogP contribution in [0.25, 0.3) is 0 Å². The molecule has 0 aromatic carbocycles. The largest absolute Gasteiger partial charge is 0.350 e. The van der Waals surface area contributed by atoms with Gasteiger partial charge in [0.1, 0.15) is 0 Å². The second-order valence-electron chi connectivity index (χ2n) is 7.85. The van der Waals surface area contributed by atoms with Crippen LogP contribution in [0.3, 0.4) is 0 Å². The Labute approximate surface area is 166 Å². The van der Waals surface area contributed by atoms with Crippen LogP contribution in [0, 0.1) is 11.8 Å². The average molecular weight is 403 g/mol. The van der Waals surface area contributed by atoms with Crippen LogP contribution in [-0.4, -0.2) is 39.3 Å². The first-order chi connectivity index (χ1) is 13.0. The molecule has 0 heterocycles. The zero-order valence-electron chi connectivity index (χ0n) is 17.2. The molecule has 2 aliphatic rings. The Bertz CT molecular complexity index is 525. The lowest BCUT2D eigenvalue weighted by Gasteiger charge is -2.42. The van der Waals surface area contributed by atoms with Crippen molar-refractivity contribution in [3.8, 4) is 0 Å². The van der Waals surface area contributed by atoms with Gasteiger partial charge in [-0.3, -0.25) is 4.18 Å². The van der Waals surface area contributed by atoms with Crippen LogP contribution in [0.15, 0.2) is 12.7 Å². The van der Waals surface area contributed by atoms with Crippen molar-refractivity contribution in [2.24, 2.45) is 11.8 Å². The molecule has 0 radical (unpaired) electrons. The van der Waals surface area contributed by atoms with E-state index in [1.54, 1.807) is 0 Å². The molecule has 0 spiro atoms. The van der Waals surface area contributed by atoms with Gasteiger partial charge in [-0.25, -0.2) is 0 Å². The number of allylic oxidation sites excluding steroid dienone is 1. The number of hydrogen-bond acceptors (Lipinski definition) is 5. The SMILES string of the molecule is C=CC1CCC(S(=O)(=O)OCCC(OCC)(OCC)C2CCCCC2)CC1. The van der Waals surface area contributed by atoms with Gasteiger partial charge in [-0.15, -0.1) is 6.58 Å². The number of hydrogen-bond donors (Lipinski definition) is 0. The highest BCUT2D eigenvalue weighted by molar-refractivity contribution is 7.87. The summed E-state index contributed by atoms with van der Waals surface area (Å²) < 4.78 is 42.9. The van der Waals surface area contributed by atoms with Crippen LogP contribution in [0.1, 0.15) is 78.1 Å². The quantitative estimate of drug-likeness (QED) is 0.282. The molecule has 5 nitrogen and oxygen atoms in total. The van der Waals surface area contributed by atoms with Gasteiger partial charge in [0.05, 0.1) is 11.9 Å². The fraction of sp³-hybridized carbons (Fsp3) is 0.905. The summed E-state index contributed by atoms with van der Waals surface area (Å²) in [6.45, 7) is 8.97. The van der Waals surface area contributed by atoms with E-state index in [2.05, 4.69) is 6.58 Å². The molecule has 2 saturated carbocycles. The Morgan fingerprint density at radius 3 is 2.07 bits per heavy atom. The minimum absolute atomic E-state index is 0.125. The summed E-state index contributed by atoms with van der Waals surface area (Å²) >= 11 is 0. The lowest BCUT2D eigenvalue weighted by molar-refractivity contribution is -0.273. The average Bonchev–Trinajstić information content (AvgIpc) is 2.69. The van der Waals surface area contributed by atoms with Gasteiger partial charge in [0.2, 0.25) is 0 Å². The van der Waals surface area contributed by atoms with Crippen molar-refractivity contribution in [3.63, 3.8) is 0 Å². The summed E-state index contributed by atoms with van der Waals surface area (Å²) in [5.74, 6) is 0.0201. The molecule has 0 aromatic heterocycles. The minimum atomic E-state index is -3.54. The smallest absolute Gasteiger partial charge is 0.270 e. The van der Waals surface area contributed by atoms with Crippen molar-refractivity contribution in [1.29, 1.82) is 0 Å². The van der Waals surface area contributed by atoms with Crippen LogP contribution in [0.4, 0.5) is 0 Å². The Hall–Kier alpha value is -0.430. The molecule has 158 valence electrons. The van der Waals surface area contributed by atoms with Crippen LogP contribution >= 0.6 is 0 Å². The maximum absolute atomic E-state index is 12.6. The highest BCUT2D eigenvalue weighted by Gasteiger charge is 2.41. The van der Waals surface area contributed by atoms with Crippen LogP contribution in [0.2, 0.25) is 0 Å². The van der Waals surface area contributed by atoms with E-state index >= 15 is 0 Å². The van der Waals surface area contributed by atoms with E-state index in [1.807, 2.05) is 19.9 Å². The van der Waals surface area contributed by atoms with E-state index in [9.17, 15) is 8.42 Å². The van der Waals surface area contributed by atoms with Crippen LogP contribution in [0.5, 0.6) is 0 Å². The predicted octanol–water partition coefficient (Wildman–Crippen LogP) is 4.82. The predicted molar refractivity (Wildman–Crippen MR) is 108 cm³/mol. The Kier molecular flexibility index (Phi) is 9.26. The molecule has 0 atom stereocenters. The maximum Gasteiger partial charge on any atom is 0.270 e. The van der Waals surface area contributed by atoms with E-state index in [1.165, 1.54) is 19.3 Å². The molecule has 0 amide bonds. The first kappa shape index (κ1) is 22.9. The summed E-state index contributed by atoms with van der Waals surface area (Å²) in [5, 5.41) is -0.392. The third-order valence-electron chi connectivity index (χ3n) is 6.16. The van der Waals surface area contributed by atoms with E-state index < -0.39 is 21.2 Å². The van der Waals surface area contributed by atoms with E-state index in [0.717, 1.165) is 25.7 Å². The highest BCUT2D eigenvalue weighted by Crippen LogP contribution is 2.39. The van der Waals surface area contributed by atoms with Crippen molar-refractivity contribution < 1.29 is 22.1 Å². The molecule has 27 heavy (non-hydrogen) atoms. The van der Waals surface area contributed by atoms with Gasteiger partial charge in [-0.2, -0.15) is 8.42 Å². The van der Waals surface area contributed by atoms with Gasteiger partial charge in [0.25, 0.3) is 10.1 Å². The lowest BCUT2D eigenvalue weighted by atomic mass is 9.81. The highest BCUT2D eigenvalue weighted by atomic mass is 32.2. The summed E-state index contributed by atoms with van der Waals surface area (Å²) in [6.07, 6.45) is 11.2. The molecule has 0 bridgehead atoms. The Morgan fingerprint density at radius 2 is 1.56 bits per heavy atom. The van der Waals surface area contributed by atoms with Gasteiger partial charge in [-0.05, 0) is 58.3 Å². The molecular weight excluding hydrogens is 364 g/mol. The summed E-state index contributed by atoms with van der Waals surface area (Å²) in [6, 6.07) is 0. The van der Waals surface area contributed by atoms with Gasteiger partial charge in [0, 0.05) is 25.6 Å². The number of ether oxygens (including phenoxy) is 2. The van der Waals surface area contributed by atoms with Crippen molar-refractivity contribution in [2.75, 3.05) is 19.8 Å². The third-order valence-corrected chi connectivity index (χ3v) is 7.95. The zero-order chi connectivity index (χ0) is 19.8. The molecule has 6 heteroatoms. The summed E-state index contributed by atoms with van der Waals surface area (Å²) in [5.41, 5.74) is 0. The monoisotopic (exact) mass is 402 g/mol. The normalized spacial score (nSPS) is 25.4. The maximum atomic E-state index is 12.6. The van der Waals surface area contributed by atoms with Crippen molar-refractivity contribution >= 4 is 10.1 Å².